The number of Topliss-reactive ketones (excluding diaryl/α,β-unsaturated/α-hetero) is 1. The summed E-state index contributed by atoms with van der Waals surface area (Å²) < 4.78 is 0. The van der Waals surface area contributed by atoms with Crippen molar-refractivity contribution in [3.8, 4) is 21.7 Å². The van der Waals surface area contributed by atoms with Gasteiger partial charge in [0.25, 0.3) is 0 Å². The van der Waals surface area contributed by atoms with Gasteiger partial charge in [0.05, 0.1) is 16.3 Å². The molecule has 2 N–H and O–H groups in total. The van der Waals surface area contributed by atoms with E-state index < -0.39 is 0 Å². The number of benzene rings is 1. The molecule has 0 aliphatic heterocycles. The van der Waals surface area contributed by atoms with Crippen LogP contribution in [0.3, 0.4) is 0 Å². The molecular weight excluding hydrogens is 336 g/mol. The van der Waals surface area contributed by atoms with Crippen molar-refractivity contribution < 1.29 is 4.79 Å². The van der Waals surface area contributed by atoms with Gasteiger partial charge in [0.1, 0.15) is 4.83 Å². The van der Waals surface area contributed by atoms with Crippen molar-refractivity contribution in [1.29, 1.82) is 0 Å². The summed E-state index contributed by atoms with van der Waals surface area (Å²) in [7, 11) is 0. The van der Waals surface area contributed by atoms with Crippen LogP contribution < -0.4 is 5.73 Å². The zero-order valence-electron chi connectivity index (χ0n) is 12.9. The largest absolute Gasteiger partial charge is 0.397 e. The van der Waals surface area contributed by atoms with E-state index in [2.05, 4.69) is 12.1 Å². The number of hydrogen-bond acceptors (Lipinski definition) is 5. The first-order valence-corrected chi connectivity index (χ1v) is 9.18. The van der Waals surface area contributed by atoms with Crippen LogP contribution in [-0.4, -0.2) is 10.8 Å². The Morgan fingerprint density at radius 1 is 1.12 bits per heavy atom. The maximum atomic E-state index is 11.9. The van der Waals surface area contributed by atoms with Crippen molar-refractivity contribution in [1.82, 2.24) is 4.98 Å². The quantitative estimate of drug-likeness (QED) is 0.498. The first kappa shape index (κ1) is 15.1. The van der Waals surface area contributed by atoms with E-state index in [-0.39, 0.29) is 5.78 Å². The Kier molecular flexibility index (Phi) is 3.67. The number of aromatic nitrogens is 1. The number of pyridine rings is 1. The topological polar surface area (TPSA) is 56.0 Å². The van der Waals surface area contributed by atoms with Crippen LogP contribution in [0.2, 0.25) is 0 Å². The Labute approximate surface area is 147 Å². The number of hydrogen-bond donors (Lipinski definition) is 1. The Bertz CT molecular complexity index is 1030. The Morgan fingerprint density at radius 2 is 1.92 bits per heavy atom. The minimum absolute atomic E-state index is 0.0195. The Hall–Kier alpha value is -2.50. The molecule has 0 unspecified atom stereocenters. The molecule has 24 heavy (non-hydrogen) atoms. The highest BCUT2D eigenvalue weighted by Crippen LogP contribution is 2.42. The molecule has 3 heterocycles. The lowest BCUT2D eigenvalue weighted by molar-refractivity contribution is 0.102. The molecule has 0 aliphatic rings. The van der Waals surface area contributed by atoms with Crippen LogP contribution in [0.25, 0.3) is 31.9 Å². The Balaban J connectivity index is 2.07. The molecule has 0 atom stereocenters. The van der Waals surface area contributed by atoms with Crippen molar-refractivity contribution in [2.75, 3.05) is 5.73 Å². The summed E-state index contributed by atoms with van der Waals surface area (Å²) in [5.74, 6) is -0.0195. The van der Waals surface area contributed by atoms with Crippen LogP contribution in [0.15, 0.2) is 53.9 Å². The lowest BCUT2D eigenvalue weighted by atomic mass is 10.0. The zero-order chi connectivity index (χ0) is 16.7. The molecule has 118 valence electrons. The number of carbonyl (C=O) groups is 1. The molecule has 0 fully saturated rings. The predicted molar refractivity (Wildman–Crippen MR) is 103 cm³/mol. The highest BCUT2D eigenvalue weighted by Gasteiger charge is 2.19. The third kappa shape index (κ3) is 2.42. The number of carbonyl (C=O) groups excluding carboxylic acids is 1. The number of nitrogens with zero attached hydrogens (tertiary/aromatic N) is 1. The fourth-order valence-corrected chi connectivity index (χ4v) is 4.53. The van der Waals surface area contributed by atoms with Gasteiger partial charge >= 0.3 is 0 Å². The van der Waals surface area contributed by atoms with Crippen LogP contribution in [0.4, 0.5) is 5.69 Å². The molecule has 4 aromatic rings. The average Bonchev–Trinajstić information content (AvgIpc) is 3.23. The molecule has 0 spiro atoms. The van der Waals surface area contributed by atoms with E-state index in [9.17, 15) is 4.79 Å². The maximum absolute atomic E-state index is 11.9. The fourth-order valence-electron chi connectivity index (χ4n) is 2.77. The molecule has 3 aromatic heterocycles. The average molecular weight is 350 g/mol. The molecular formula is C19H14N2OS2. The van der Waals surface area contributed by atoms with Crippen molar-refractivity contribution in [3.63, 3.8) is 0 Å². The summed E-state index contributed by atoms with van der Waals surface area (Å²) in [6.07, 6.45) is 0. The van der Waals surface area contributed by atoms with Crippen LogP contribution in [0, 0.1) is 0 Å². The summed E-state index contributed by atoms with van der Waals surface area (Å²) in [6, 6.07) is 16.2. The smallest absolute Gasteiger partial charge is 0.171 e. The number of fused-ring (bicyclic) bond motifs is 1. The number of nitrogen functional groups attached to an aromatic ring is 1. The van der Waals surface area contributed by atoms with Crippen LogP contribution >= 0.6 is 22.7 Å². The summed E-state index contributed by atoms with van der Waals surface area (Å²) in [5, 5.41) is 2.92. The monoisotopic (exact) mass is 350 g/mol. The van der Waals surface area contributed by atoms with E-state index in [1.165, 1.54) is 11.3 Å². The molecule has 1 aromatic carbocycles. The number of anilines is 1. The van der Waals surface area contributed by atoms with E-state index in [0.29, 0.717) is 10.6 Å². The summed E-state index contributed by atoms with van der Waals surface area (Å²) in [4.78, 5) is 19.2. The highest BCUT2D eigenvalue weighted by molar-refractivity contribution is 7.21. The minimum Gasteiger partial charge on any atom is -0.397 e. The molecule has 5 heteroatoms. The van der Waals surface area contributed by atoms with Crippen molar-refractivity contribution in [2.24, 2.45) is 0 Å². The van der Waals surface area contributed by atoms with E-state index in [0.717, 1.165) is 31.9 Å². The molecule has 4 rings (SSSR count). The summed E-state index contributed by atoms with van der Waals surface area (Å²) in [6.45, 7) is 1.55. The van der Waals surface area contributed by atoms with Gasteiger partial charge in [-0.25, -0.2) is 4.98 Å². The lowest BCUT2D eigenvalue weighted by Crippen LogP contribution is -1.95. The molecule has 0 aliphatic carbocycles. The maximum Gasteiger partial charge on any atom is 0.171 e. The summed E-state index contributed by atoms with van der Waals surface area (Å²) >= 11 is 3.03. The molecule has 0 radical (unpaired) electrons. The van der Waals surface area contributed by atoms with E-state index in [1.807, 2.05) is 41.8 Å². The molecule has 3 nitrogen and oxygen atoms in total. The second-order valence-electron chi connectivity index (χ2n) is 5.48. The van der Waals surface area contributed by atoms with Gasteiger partial charge in [0, 0.05) is 28.3 Å². The normalized spacial score (nSPS) is 11.0. The van der Waals surface area contributed by atoms with Gasteiger partial charge in [-0.15, -0.1) is 22.7 Å². The lowest BCUT2D eigenvalue weighted by Gasteiger charge is -2.07. The minimum atomic E-state index is -0.0195. The molecule has 0 saturated carbocycles. The Morgan fingerprint density at radius 3 is 2.58 bits per heavy atom. The number of ketones is 1. The molecule has 0 amide bonds. The van der Waals surface area contributed by atoms with Crippen molar-refractivity contribution >= 4 is 44.4 Å². The van der Waals surface area contributed by atoms with Gasteiger partial charge in [0.15, 0.2) is 5.78 Å². The van der Waals surface area contributed by atoms with Gasteiger partial charge in [-0.05, 0) is 17.5 Å². The number of nitrogens with two attached hydrogens (primary N) is 1. The van der Waals surface area contributed by atoms with Crippen molar-refractivity contribution in [2.45, 2.75) is 6.92 Å². The van der Waals surface area contributed by atoms with Gasteiger partial charge < -0.3 is 5.73 Å². The van der Waals surface area contributed by atoms with Crippen molar-refractivity contribution in [3.05, 3.63) is 58.8 Å². The standard InChI is InChI=1S/C19H14N2OS2/c1-11(22)18-17(20)16-13(15-8-5-9-23-15)10-14(21-19(16)24-18)12-6-3-2-4-7-12/h2-10H,20H2,1H3. The predicted octanol–water partition coefficient (Wildman–Crippen LogP) is 5.48. The summed E-state index contributed by atoms with van der Waals surface area (Å²) in [5.41, 5.74) is 9.81. The number of thiophene rings is 2. The SMILES string of the molecule is CC(=O)c1sc2nc(-c3ccccc3)cc(-c3cccs3)c2c1N. The van der Waals surface area contributed by atoms with Gasteiger partial charge in [-0.1, -0.05) is 36.4 Å². The van der Waals surface area contributed by atoms with Gasteiger partial charge in [-0.3, -0.25) is 4.79 Å². The molecule has 0 bridgehead atoms. The first-order chi connectivity index (χ1) is 11.6. The second kappa shape index (κ2) is 5.85. The first-order valence-electron chi connectivity index (χ1n) is 7.48. The highest BCUT2D eigenvalue weighted by atomic mass is 32.1. The van der Waals surface area contributed by atoms with Crippen LogP contribution in [0.5, 0.6) is 0 Å². The van der Waals surface area contributed by atoms with Gasteiger partial charge in [0.2, 0.25) is 0 Å². The second-order valence-corrected chi connectivity index (χ2v) is 7.43. The van der Waals surface area contributed by atoms with Crippen LogP contribution in [-0.2, 0) is 0 Å². The third-order valence-corrected chi connectivity index (χ3v) is 5.98. The third-order valence-electron chi connectivity index (χ3n) is 3.87. The van der Waals surface area contributed by atoms with E-state index >= 15 is 0 Å². The van der Waals surface area contributed by atoms with Crippen LogP contribution in [0.1, 0.15) is 16.6 Å². The molecule has 0 saturated heterocycles. The van der Waals surface area contributed by atoms with E-state index in [4.69, 9.17) is 10.7 Å². The number of rotatable bonds is 3. The van der Waals surface area contributed by atoms with E-state index in [1.54, 1.807) is 18.3 Å². The fraction of sp³-hybridized carbons (Fsp3) is 0.0526. The van der Waals surface area contributed by atoms with Gasteiger partial charge in [-0.2, -0.15) is 0 Å². The zero-order valence-corrected chi connectivity index (χ0v) is 14.6.